The Hall–Kier alpha value is -1.36. The van der Waals surface area contributed by atoms with E-state index in [0.717, 1.165) is 25.9 Å². The summed E-state index contributed by atoms with van der Waals surface area (Å²) in [5.74, 6) is 0.226. The molecule has 116 valence electrons. The van der Waals surface area contributed by atoms with Gasteiger partial charge in [-0.25, -0.2) is 9.97 Å². The van der Waals surface area contributed by atoms with E-state index in [2.05, 4.69) is 30.7 Å². The van der Waals surface area contributed by atoms with Gasteiger partial charge < -0.3 is 9.64 Å². The van der Waals surface area contributed by atoms with Gasteiger partial charge in [-0.05, 0) is 5.41 Å². The average Bonchev–Trinajstić information content (AvgIpc) is 2.40. The van der Waals surface area contributed by atoms with Crippen molar-refractivity contribution in [2.45, 2.75) is 46.1 Å². The number of halogens is 1. The molecule has 21 heavy (non-hydrogen) atoms. The fourth-order valence-electron chi connectivity index (χ4n) is 2.30. The lowest BCUT2D eigenvalue weighted by atomic mass is 9.91. The van der Waals surface area contributed by atoms with Crippen LogP contribution in [0, 0.1) is 5.41 Å². The van der Waals surface area contributed by atoms with Crippen molar-refractivity contribution in [2.24, 2.45) is 5.41 Å². The molecular weight excluding hydrogens is 290 g/mol. The van der Waals surface area contributed by atoms with E-state index in [1.54, 1.807) is 0 Å². The van der Waals surface area contributed by atoms with Crippen LogP contribution in [0.4, 0.5) is 0 Å². The number of amides is 1. The first-order valence-corrected chi connectivity index (χ1v) is 7.63. The van der Waals surface area contributed by atoms with Gasteiger partial charge in [-0.2, -0.15) is 0 Å². The van der Waals surface area contributed by atoms with Gasteiger partial charge in [-0.3, -0.25) is 4.79 Å². The maximum atomic E-state index is 12.2. The molecule has 1 amide bonds. The van der Waals surface area contributed by atoms with Gasteiger partial charge in [0.15, 0.2) is 0 Å². The number of hydrogen-bond acceptors (Lipinski definition) is 4. The summed E-state index contributed by atoms with van der Waals surface area (Å²) in [5.41, 5.74) is 0.0293. The molecule has 0 spiro atoms. The first-order chi connectivity index (χ1) is 9.83. The van der Waals surface area contributed by atoms with Crippen molar-refractivity contribution < 1.29 is 9.53 Å². The Labute approximate surface area is 130 Å². The zero-order valence-electron chi connectivity index (χ0n) is 12.8. The lowest BCUT2D eigenvalue weighted by Gasteiger charge is -2.33. The van der Waals surface area contributed by atoms with E-state index >= 15 is 0 Å². The van der Waals surface area contributed by atoms with Crippen LogP contribution in [0.5, 0.6) is 6.01 Å². The molecular formula is C15H22ClN3O2. The summed E-state index contributed by atoms with van der Waals surface area (Å²) >= 11 is 5.74. The van der Waals surface area contributed by atoms with Gasteiger partial charge in [0.2, 0.25) is 5.91 Å². The molecule has 1 aromatic rings. The molecule has 0 unspecified atom stereocenters. The molecule has 1 fully saturated rings. The van der Waals surface area contributed by atoms with Crippen molar-refractivity contribution in [1.29, 1.82) is 0 Å². The predicted octanol–water partition coefficient (Wildman–Crippen LogP) is 2.94. The van der Waals surface area contributed by atoms with Gasteiger partial charge in [0.25, 0.3) is 0 Å². The van der Waals surface area contributed by atoms with E-state index in [1.807, 2.05) is 4.90 Å². The monoisotopic (exact) mass is 311 g/mol. The van der Waals surface area contributed by atoms with Crippen LogP contribution in [0.2, 0.25) is 5.02 Å². The summed E-state index contributed by atoms with van der Waals surface area (Å²) in [7, 11) is 0. The third-order valence-electron chi connectivity index (χ3n) is 3.34. The molecule has 1 aliphatic rings. The maximum Gasteiger partial charge on any atom is 0.316 e. The van der Waals surface area contributed by atoms with Crippen molar-refractivity contribution >= 4 is 17.5 Å². The second-order valence-electron chi connectivity index (χ2n) is 6.62. The van der Waals surface area contributed by atoms with Crippen LogP contribution in [0.1, 0.15) is 40.0 Å². The minimum absolute atomic E-state index is 0.0293. The van der Waals surface area contributed by atoms with E-state index < -0.39 is 0 Å². The van der Waals surface area contributed by atoms with E-state index in [9.17, 15) is 4.79 Å². The van der Waals surface area contributed by atoms with Gasteiger partial charge in [0.05, 0.1) is 17.4 Å². The van der Waals surface area contributed by atoms with Gasteiger partial charge >= 0.3 is 6.01 Å². The Kier molecular flexibility index (Phi) is 5.04. The topological polar surface area (TPSA) is 55.3 Å². The predicted molar refractivity (Wildman–Crippen MR) is 81.3 cm³/mol. The Balaban J connectivity index is 1.80. The first kappa shape index (κ1) is 16.0. The number of likely N-dealkylation sites (tertiary alicyclic amines) is 1. The Morgan fingerprint density at radius 1 is 1.33 bits per heavy atom. The second kappa shape index (κ2) is 6.60. The molecule has 0 radical (unpaired) electrons. The molecule has 0 bridgehead atoms. The minimum Gasteiger partial charge on any atom is -0.460 e. The summed E-state index contributed by atoms with van der Waals surface area (Å²) in [5, 5.41) is 0.491. The molecule has 1 aliphatic heterocycles. The molecule has 0 aromatic carbocycles. The van der Waals surface area contributed by atoms with Gasteiger partial charge in [-0.1, -0.05) is 32.4 Å². The zero-order chi connectivity index (χ0) is 15.5. The average molecular weight is 312 g/mol. The molecule has 1 aromatic heterocycles. The molecule has 2 rings (SSSR count). The van der Waals surface area contributed by atoms with Crippen LogP contribution in [-0.2, 0) is 4.79 Å². The summed E-state index contributed by atoms with van der Waals surface area (Å²) in [6, 6.07) is 0.346. The number of ether oxygens (including phenoxy) is 1. The third kappa shape index (κ3) is 5.16. The molecule has 6 heteroatoms. The molecule has 0 N–H and O–H groups in total. The third-order valence-corrected chi connectivity index (χ3v) is 3.54. The van der Waals surface area contributed by atoms with Crippen molar-refractivity contribution in [2.75, 3.05) is 13.1 Å². The fourth-order valence-corrected chi connectivity index (χ4v) is 2.40. The number of carbonyl (C=O) groups excluding carboxylic acids is 1. The molecule has 1 saturated heterocycles. The highest BCUT2D eigenvalue weighted by molar-refractivity contribution is 6.30. The maximum absolute atomic E-state index is 12.2. The van der Waals surface area contributed by atoms with E-state index in [1.165, 1.54) is 12.4 Å². The SMILES string of the molecule is CC(C)(C)CC(=O)N1CCC(Oc2ncc(Cl)cn2)CC1. The standard InChI is InChI=1S/C15H22ClN3O2/c1-15(2,3)8-13(20)19-6-4-12(5-7-19)21-14-17-9-11(16)10-18-14/h9-10,12H,4-8H2,1-3H3. The summed E-state index contributed by atoms with van der Waals surface area (Å²) in [6.45, 7) is 7.70. The number of piperidine rings is 1. The first-order valence-electron chi connectivity index (χ1n) is 7.25. The van der Waals surface area contributed by atoms with Crippen LogP contribution in [0.25, 0.3) is 0 Å². The lowest BCUT2D eigenvalue weighted by Crippen LogP contribution is -2.42. The van der Waals surface area contributed by atoms with E-state index in [0.29, 0.717) is 17.5 Å². The number of rotatable bonds is 3. The largest absolute Gasteiger partial charge is 0.460 e. The van der Waals surface area contributed by atoms with Crippen LogP contribution in [-0.4, -0.2) is 40.0 Å². The van der Waals surface area contributed by atoms with Gasteiger partial charge in [0.1, 0.15) is 6.10 Å². The van der Waals surface area contributed by atoms with Crippen molar-refractivity contribution in [1.82, 2.24) is 14.9 Å². The Bertz CT molecular complexity index is 477. The lowest BCUT2D eigenvalue weighted by molar-refractivity contribution is -0.134. The highest BCUT2D eigenvalue weighted by atomic mass is 35.5. The van der Waals surface area contributed by atoms with Gasteiger partial charge in [-0.15, -0.1) is 0 Å². The number of nitrogens with zero attached hydrogens (tertiary/aromatic N) is 3. The van der Waals surface area contributed by atoms with Crippen LogP contribution in [0.3, 0.4) is 0 Å². The highest BCUT2D eigenvalue weighted by Crippen LogP contribution is 2.22. The van der Waals surface area contributed by atoms with E-state index in [-0.39, 0.29) is 17.4 Å². The number of carbonyl (C=O) groups is 1. The Morgan fingerprint density at radius 2 is 1.90 bits per heavy atom. The van der Waals surface area contributed by atoms with E-state index in [4.69, 9.17) is 16.3 Å². The molecule has 0 atom stereocenters. The fraction of sp³-hybridized carbons (Fsp3) is 0.667. The van der Waals surface area contributed by atoms with Crippen LogP contribution >= 0.6 is 11.6 Å². The van der Waals surface area contributed by atoms with Crippen molar-refractivity contribution in [3.05, 3.63) is 17.4 Å². The quantitative estimate of drug-likeness (QED) is 0.861. The van der Waals surface area contributed by atoms with Crippen LogP contribution < -0.4 is 4.74 Å². The minimum atomic E-state index is 0.0293. The van der Waals surface area contributed by atoms with Crippen molar-refractivity contribution in [3.63, 3.8) is 0 Å². The zero-order valence-corrected chi connectivity index (χ0v) is 13.6. The molecule has 5 nitrogen and oxygen atoms in total. The summed E-state index contributed by atoms with van der Waals surface area (Å²) < 4.78 is 5.72. The normalized spacial score (nSPS) is 16.9. The number of hydrogen-bond donors (Lipinski definition) is 0. The number of aromatic nitrogens is 2. The Morgan fingerprint density at radius 3 is 2.43 bits per heavy atom. The van der Waals surface area contributed by atoms with Crippen molar-refractivity contribution in [3.8, 4) is 6.01 Å². The molecule has 2 heterocycles. The second-order valence-corrected chi connectivity index (χ2v) is 7.06. The van der Waals surface area contributed by atoms with Gasteiger partial charge in [0, 0.05) is 32.4 Å². The molecule has 0 aliphatic carbocycles. The summed E-state index contributed by atoms with van der Waals surface area (Å²) in [4.78, 5) is 22.1. The summed E-state index contributed by atoms with van der Waals surface area (Å²) in [6.07, 6.45) is 5.30. The molecule has 0 saturated carbocycles. The smallest absolute Gasteiger partial charge is 0.316 e. The van der Waals surface area contributed by atoms with Crippen LogP contribution in [0.15, 0.2) is 12.4 Å². The highest BCUT2D eigenvalue weighted by Gasteiger charge is 2.26.